The van der Waals surface area contributed by atoms with Gasteiger partial charge in [-0.15, -0.1) is 10.2 Å². The minimum atomic E-state index is -0.487. The van der Waals surface area contributed by atoms with E-state index in [0.717, 1.165) is 24.5 Å². The smallest absolute Gasteiger partial charge is 0.273 e. The second-order valence-electron chi connectivity index (χ2n) is 7.57. The van der Waals surface area contributed by atoms with Crippen molar-refractivity contribution in [3.8, 4) is 11.3 Å². The maximum atomic E-state index is 12.7. The predicted molar refractivity (Wildman–Crippen MR) is 119 cm³/mol. The summed E-state index contributed by atoms with van der Waals surface area (Å²) in [5.41, 5.74) is 2.64. The van der Waals surface area contributed by atoms with Crippen LogP contribution in [0.2, 0.25) is 0 Å². The molecule has 1 amide bonds. The summed E-state index contributed by atoms with van der Waals surface area (Å²) in [5.74, 6) is 0.485. The van der Waals surface area contributed by atoms with E-state index in [1.165, 1.54) is 31.4 Å². The van der Waals surface area contributed by atoms with Gasteiger partial charge in [-0.05, 0) is 56.5 Å². The van der Waals surface area contributed by atoms with E-state index in [9.17, 15) is 14.9 Å². The van der Waals surface area contributed by atoms with E-state index in [2.05, 4.69) is 20.4 Å². The molecule has 0 bridgehead atoms. The Balaban J connectivity index is 1.52. The number of carbonyl (C=O) groups is 1. The Morgan fingerprint density at radius 2 is 1.81 bits per heavy atom. The topological polar surface area (TPSA) is 101 Å². The van der Waals surface area contributed by atoms with Crippen LogP contribution in [0.4, 0.5) is 17.2 Å². The summed E-state index contributed by atoms with van der Waals surface area (Å²) in [4.78, 5) is 25.6. The van der Waals surface area contributed by atoms with Crippen molar-refractivity contribution in [3.63, 3.8) is 0 Å². The summed E-state index contributed by atoms with van der Waals surface area (Å²) in [6.45, 7) is 3.59. The first-order valence-corrected chi connectivity index (χ1v) is 10.3. The van der Waals surface area contributed by atoms with E-state index < -0.39 is 10.8 Å². The summed E-state index contributed by atoms with van der Waals surface area (Å²) in [6.07, 6.45) is 3.61. The Morgan fingerprint density at radius 1 is 1.03 bits per heavy atom. The highest BCUT2D eigenvalue weighted by Crippen LogP contribution is 2.25. The number of hydrogen-bond donors (Lipinski definition) is 1. The van der Waals surface area contributed by atoms with Crippen LogP contribution in [0, 0.1) is 17.0 Å². The van der Waals surface area contributed by atoms with Gasteiger partial charge in [-0.25, -0.2) is 0 Å². The molecule has 0 atom stereocenters. The van der Waals surface area contributed by atoms with Crippen LogP contribution in [-0.4, -0.2) is 34.1 Å². The van der Waals surface area contributed by atoms with E-state index in [-0.39, 0.29) is 11.3 Å². The summed E-state index contributed by atoms with van der Waals surface area (Å²) >= 11 is 0. The number of nitrogens with one attached hydrogen (secondary N) is 1. The lowest BCUT2D eigenvalue weighted by Gasteiger charge is -2.27. The fourth-order valence-electron chi connectivity index (χ4n) is 3.79. The van der Waals surface area contributed by atoms with E-state index in [4.69, 9.17) is 0 Å². The fraction of sp³-hybridized carbons (Fsp3) is 0.261. The normalized spacial score (nSPS) is 13.6. The summed E-state index contributed by atoms with van der Waals surface area (Å²) < 4.78 is 0. The Labute approximate surface area is 180 Å². The summed E-state index contributed by atoms with van der Waals surface area (Å²) in [6, 6.07) is 15.7. The molecule has 2 aromatic carbocycles. The number of amides is 1. The number of carbonyl (C=O) groups excluding carboxylic acids is 1. The maximum Gasteiger partial charge on any atom is 0.273 e. The molecule has 4 rings (SSSR count). The van der Waals surface area contributed by atoms with E-state index in [1.54, 1.807) is 19.1 Å². The lowest BCUT2D eigenvalue weighted by molar-refractivity contribution is -0.385. The van der Waals surface area contributed by atoms with Crippen LogP contribution in [0.3, 0.4) is 0 Å². The Hall–Kier alpha value is -3.81. The molecular weight excluding hydrogens is 394 g/mol. The Kier molecular flexibility index (Phi) is 5.88. The first-order chi connectivity index (χ1) is 15.0. The van der Waals surface area contributed by atoms with Crippen LogP contribution >= 0.6 is 0 Å². The molecule has 1 N–H and O–H groups in total. The van der Waals surface area contributed by atoms with E-state index in [1.807, 2.05) is 30.3 Å². The van der Waals surface area contributed by atoms with Crippen molar-refractivity contribution < 1.29 is 9.72 Å². The van der Waals surface area contributed by atoms with Gasteiger partial charge in [0.2, 0.25) is 0 Å². The zero-order chi connectivity index (χ0) is 21.8. The van der Waals surface area contributed by atoms with Gasteiger partial charge in [0.15, 0.2) is 5.82 Å². The molecule has 3 aromatic rings. The minimum absolute atomic E-state index is 0.0783. The van der Waals surface area contributed by atoms with Gasteiger partial charge in [0.05, 0.1) is 10.6 Å². The molecule has 0 spiro atoms. The van der Waals surface area contributed by atoms with E-state index in [0.29, 0.717) is 16.9 Å². The number of aromatic nitrogens is 2. The van der Waals surface area contributed by atoms with Gasteiger partial charge < -0.3 is 10.2 Å². The third kappa shape index (κ3) is 4.53. The zero-order valence-corrected chi connectivity index (χ0v) is 17.2. The van der Waals surface area contributed by atoms with Gasteiger partial charge in [0.25, 0.3) is 11.6 Å². The number of nitro groups is 1. The molecule has 8 heteroatoms. The van der Waals surface area contributed by atoms with Crippen molar-refractivity contribution in [1.29, 1.82) is 0 Å². The predicted octanol–water partition coefficient (Wildman–Crippen LogP) is 4.60. The monoisotopic (exact) mass is 417 g/mol. The molecule has 1 aliphatic rings. The van der Waals surface area contributed by atoms with Crippen molar-refractivity contribution in [2.75, 3.05) is 23.3 Å². The lowest BCUT2D eigenvalue weighted by atomic mass is 10.1. The van der Waals surface area contributed by atoms with Crippen molar-refractivity contribution >= 4 is 23.1 Å². The molecule has 1 fully saturated rings. The first-order valence-electron chi connectivity index (χ1n) is 10.3. The minimum Gasteiger partial charge on any atom is -0.355 e. The highest BCUT2D eigenvalue weighted by atomic mass is 16.6. The number of piperidine rings is 1. The average Bonchev–Trinajstić information content (AvgIpc) is 2.80. The molecule has 0 aliphatic carbocycles. The molecule has 8 nitrogen and oxygen atoms in total. The number of nitro benzene ring substituents is 1. The van der Waals surface area contributed by atoms with Gasteiger partial charge in [0, 0.05) is 41.5 Å². The standard InChI is InChI=1S/C23H23N5O3/c1-16-19(9-6-10-21(16)28(30)31)23(29)24-18-8-5-7-17(15-18)20-11-12-22(26-25-20)27-13-3-2-4-14-27/h5-12,15H,2-4,13-14H2,1H3,(H,24,29). The van der Waals surface area contributed by atoms with Crippen LogP contribution < -0.4 is 10.2 Å². The number of anilines is 2. The van der Waals surface area contributed by atoms with Crippen LogP contribution in [0.5, 0.6) is 0 Å². The van der Waals surface area contributed by atoms with Crippen molar-refractivity contribution in [1.82, 2.24) is 10.2 Å². The maximum absolute atomic E-state index is 12.7. The number of benzene rings is 2. The first kappa shape index (κ1) is 20.5. The summed E-state index contributed by atoms with van der Waals surface area (Å²) in [5, 5.41) is 22.7. The molecular formula is C23H23N5O3. The molecule has 1 aliphatic heterocycles. The molecule has 0 unspecified atom stereocenters. The number of rotatable bonds is 5. The SMILES string of the molecule is Cc1c(C(=O)Nc2cccc(-c3ccc(N4CCCCC4)nn3)c2)cccc1[N+](=O)[O-]. The fourth-order valence-corrected chi connectivity index (χ4v) is 3.79. The molecule has 2 heterocycles. The average molecular weight is 417 g/mol. The quantitative estimate of drug-likeness (QED) is 0.481. The van der Waals surface area contributed by atoms with Crippen LogP contribution in [0.15, 0.2) is 54.6 Å². The molecule has 0 radical (unpaired) electrons. The second kappa shape index (κ2) is 8.91. The van der Waals surface area contributed by atoms with Crippen LogP contribution in [-0.2, 0) is 0 Å². The van der Waals surface area contributed by atoms with Crippen molar-refractivity contribution in [3.05, 3.63) is 75.8 Å². The van der Waals surface area contributed by atoms with Gasteiger partial charge >= 0.3 is 0 Å². The van der Waals surface area contributed by atoms with Crippen molar-refractivity contribution in [2.45, 2.75) is 26.2 Å². The molecule has 1 aromatic heterocycles. The van der Waals surface area contributed by atoms with Gasteiger partial charge in [0.1, 0.15) is 0 Å². The third-order valence-electron chi connectivity index (χ3n) is 5.49. The van der Waals surface area contributed by atoms with Crippen LogP contribution in [0.1, 0.15) is 35.2 Å². The molecule has 1 saturated heterocycles. The lowest BCUT2D eigenvalue weighted by Crippen LogP contribution is -2.30. The molecule has 158 valence electrons. The van der Waals surface area contributed by atoms with Gasteiger partial charge in [-0.3, -0.25) is 14.9 Å². The van der Waals surface area contributed by atoms with Crippen LogP contribution in [0.25, 0.3) is 11.3 Å². The van der Waals surface area contributed by atoms with Gasteiger partial charge in [-0.1, -0.05) is 18.2 Å². The largest absolute Gasteiger partial charge is 0.355 e. The molecule has 0 saturated carbocycles. The highest BCUT2D eigenvalue weighted by molar-refractivity contribution is 6.06. The van der Waals surface area contributed by atoms with Gasteiger partial charge in [-0.2, -0.15) is 0 Å². The second-order valence-corrected chi connectivity index (χ2v) is 7.57. The van der Waals surface area contributed by atoms with E-state index >= 15 is 0 Å². The Bertz CT molecular complexity index is 1110. The zero-order valence-electron chi connectivity index (χ0n) is 17.2. The third-order valence-corrected chi connectivity index (χ3v) is 5.49. The summed E-state index contributed by atoms with van der Waals surface area (Å²) in [7, 11) is 0. The number of hydrogen-bond acceptors (Lipinski definition) is 6. The Morgan fingerprint density at radius 3 is 2.52 bits per heavy atom. The number of nitrogens with zero attached hydrogens (tertiary/aromatic N) is 4. The van der Waals surface area contributed by atoms with Crippen molar-refractivity contribution in [2.24, 2.45) is 0 Å². The highest BCUT2D eigenvalue weighted by Gasteiger charge is 2.18. The molecule has 31 heavy (non-hydrogen) atoms.